The van der Waals surface area contributed by atoms with Gasteiger partial charge in [-0.2, -0.15) is 0 Å². The van der Waals surface area contributed by atoms with Gasteiger partial charge in [-0.25, -0.2) is 9.79 Å². The van der Waals surface area contributed by atoms with E-state index in [2.05, 4.69) is 4.99 Å². The molecular weight excluding hydrogens is 432 g/mol. The third kappa shape index (κ3) is 3.88. The Morgan fingerprint density at radius 2 is 1.97 bits per heavy atom. The van der Waals surface area contributed by atoms with E-state index in [1.807, 2.05) is 48.7 Å². The van der Waals surface area contributed by atoms with Crippen LogP contribution < -0.4 is 19.6 Å². The summed E-state index contributed by atoms with van der Waals surface area (Å²) in [5, 5.41) is 2.00. The number of ether oxygens (including phenoxy) is 2. The zero-order chi connectivity index (χ0) is 22.1. The third-order valence-corrected chi connectivity index (χ3v) is 7.06. The molecule has 2 aromatic heterocycles. The van der Waals surface area contributed by atoms with E-state index in [0.717, 1.165) is 16.0 Å². The van der Waals surface area contributed by atoms with Crippen LogP contribution in [-0.2, 0) is 9.53 Å². The summed E-state index contributed by atoms with van der Waals surface area (Å²) >= 11 is 2.92. The summed E-state index contributed by atoms with van der Waals surface area (Å²) < 4.78 is 12.8. The molecule has 0 spiro atoms. The Bertz CT molecular complexity index is 1340. The molecular formula is C23H22N2O4S2. The summed E-state index contributed by atoms with van der Waals surface area (Å²) in [6.07, 6.45) is 1.90. The zero-order valence-corrected chi connectivity index (χ0v) is 19.3. The van der Waals surface area contributed by atoms with Crippen molar-refractivity contribution in [2.24, 2.45) is 4.99 Å². The molecule has 8 heteroatoms. The van der Waals surface area contributed by atoms with Gasteiger partial charge in [0.2, 0.25) is 0 Å². The Morgan fingerprint density at radius 3 is 2.58 bits per heavy atom. The lowest BCUT2D eigenvalue weighted by Crippen LogP contribution is -2.39. The number of carbonyl (C=O) groups excluding carboxylic acids is 1. The normalized spacial score (nSPS) is 16.1. The molecule has 3 heterocycles. The predicted molar refractivity (Wildman–Crippen MR) is 122 cm³/mol. The highest BCUT2D eigenvalue weighted by Crippen LogP contribution is 2.31. The van der Waals surface area contributed by atoms with Crippen LogP contribution in [0.2, 0.25) is 0 Å². The number of nitrogens with zero attached hydrogens (tertiary/aromatic N) is 2. The van der Waals surface area contributed by atoms with E-state index in [1.54, 1.807) is 36.9 Å². The van der Waals surface area contributed by atoms with E-state index >= 15 is 0 Å². The van der Waals surface area contributed by atoms with Gasteiger partial charge in [0.25, 0.3) is 5.56 Å². The molecule has 1 aromatic carbocycles. The summed E-state index contributed by atoms with van der Waals surface area (Å²) in [4.78, 5) is 32.5. The quantitative estimate of drug-likeness (QED) is 0.556. The number of benzene rings is 1. The number of fused-ring (bicyclic) bond motifs is 1. The SMILES string of the molecule is CCOC(=O)C1=C(C)N=c2sc(=Cc3sccc3C)c(=O)n2[C@@H]1c1ccc(OC)cc1. The maximum atomic E-state index is 13.5. The number of methoxy groups -OCH3 is 1. The molecule has 0 bridgehead atoms. The van der Waals surface area contributed by atoms with Crippen LogP contribution in [0.5, 0.6) is 5.75 Å². The third-order valence-electron chi connectivity index (χ3n) is 5.11. The molecule has 0 saturated heterocycles. The van der Waals surface area contributed by atoms with Crippen LogP contribution in [0.1, 0.15) is 35.9 Å². The summed E-state index contributed by atoms with van der Waals surface area (Å²) in [7, 11) is 1.60. The molecule has 0 radical (unpaired) electrons. The fourth-order valence-electron chi connectivity index (χ4n) is 3.54. The monoisotopic (exact) mass is 454 g/mol. The molecule has 3 aromatic rings. The van der Waals surface area contributed by atoms with Crippen LogP contribution in [0.4, 0.5) is 0 Å². The van der Waals surface area contributed by atoms with E-state index in [4.69, 9.17) is 9.47 Å². The van der Waals surface area contributed by atoms with Gasteiger partial charge in [-0.05, 0) is 61.6 Å². The second-order valence-corrected chi connectivity index (χ2v) is 9.00. The van der Waals surface area contributed by atoms with Crippen molar-refractivity contribution < 1.29 is 14.3 Å². The molecule has 160 valence electrons. The Hall–Kier alpha value is -2.97. The number of esters is 1. The first kappa shape index (κ1) is 21.3. The average Bonchev–Trinajstić information content (AvgIpc) is 3.30. The van der Waals surface area contributed by atoms with E-state index in [-0.39, 0.29) is 12.2 Å². The van der Waals surface area contributed by atoms with Gasteiger partial charge < -0.3 is 9.47 Å². The Kier molecular flexibility index (Phi) is 5.93. The highest BCUT2D eigenvalue weighted by Gasteiger charge is 2.33. The largest absolute Gasteiger partial charge is 0.497 e. The first-order chi connectivity index (χ1) is 14.9. The van der Waals surface area contributed by atoms with Gasteiger partial charge in [0.05, 0.1) is 35.6 Å². The van der Waals surface area contributed by atoms with Crippen molar-refractivity contribution in [3.05, 3.63) is 82.7 Å². The van der Waals surface area contributed by atoms with Crippen molar-refractivity contribution in [2.45, 2.75) is 26.8 Å². The molecule has 0 N–H and O–H groups in total. The first-order valence-electron chi connectivity index (χ1n) is 9.82. The molecule has 0 saturated carbocycles. The van der Waals surface area contributed by atoms with Gasteiger partial charge in [0.15, 0.2) is 4.80 Å². The lowest BCUT2D eigenvalue weighted by Gasteiger charge is -2.24. The van der Waals surface area contributed by atoms with Crippen LogP contribution in [0.3, 0.4) is 0 Å². The number of thiazole rings is 1. The Morgan fingerprint density at radius 1 is 1.23 bits per heavy atom. The van der Waals surface area contributed by atoms with Gasteiger partial charge in [-0.3, -0.25) is 9.36 Å². The van der Waals surface area contributed by atoms with Crippen molar-refractivity contribution in [3.8, 4) is 5.75 Å². The van der Waals surface area contributed by atoms with E-state index in [1.165, 1.54) is 11.3 Å². The van der Waals surface area contributed by atoms with Gasteiger partial charge in [0, 0.05) is 4.88 Å². The predicted octanol–water partition coefficient (Wildman–Crippen LogP) is 3.18. The molecule has 1 aliphatic rings. The molecule has 1 atom stereocenters. The fraction of sp³-hybridized carbons (Fsp3) is 0.261. The van der Waals surface area contributed by atoms with Crippen molar-refractivity contribution in [1.29, 1.82) is 0 Å². The van der Waals surface area contributed by atoms with Crippen LogP contribution in [0.15, 0.2) is 56.8 Å². The van der Waals surface area contributed by atoms with Crippen molar-refractivity contribution >= 4 is 34.7 Å². The molecule has 31 heavy (non-hydrogen) atoms. The van der Waals surface area contributed by atoms with Crippen LogP contribution in [-0.4, -0.2) is 24.3 Å². The number of thiophene rings is 1. The van der Waals surface area contributed by atoms with Gasteiger partial charge in [-0.15, -0.1) is 11.3 Å². The zero-order valence-electron chi connectivity index (χ0n) is 17.7. The fourth-order valence-corrected chi connectivity index (χ4v) is 5.51. The van der Waals surface area contributed by atoms with Gasteiger partial charge in [-0.1, -0.05) is 23.5 Å². The maximum absolute atomic E-state index is 13.5. The average molecular weight is 455 g/mol. The van der Waals surface area contributed by atoms with Crippen LogP contribution >= 0.6 is 22.7 Å². The Labute approximate surface area is 187 Å². The number of aryl methyl sites for hydroxylation is 1. The molecule has 1 aliphatic heterocycles. The number of allylic oxidation sites excluding steroid dienone is 1. The van der Waals surface area contributed by atoms with Crippen LogP contribution in [0.25, 0.3) is 6.08 Å². The lowest BCUT2D eigenvalue weighted by molar-refractivity contribution is -0.139. The number of carbonyl (C=O) groups is 1. The smallest absolute Gasteiger partial charge is 0.338 e. The highest BCUT2D eigenvalue weighted by atomic mass is 32.1. The summed E-state index contributed by atoms with van der Waals surface area (Å²) in [6.45, 7) is 5.80. The minimum absolute atomic E-state index is 0.174. The minimum Gasteiger partial charge on any atom is -0.497 e. The van der Waals surface area contributed by atoms with E-state index in [0.29, 0.717) is 26.4 Å². The van der Waals surface area contributed by atoms with E-state index in [9.17, 15) is 9.59 Å². The topological polar surface area (TPSA) is 69.9 Å². The van der Waals surface area contributed by atoms with E-state index < -0.39 is 12.0 Å². The second-order valence-electron chi connectivity index (χ2n) is 7.04. The summed E-state index contributed by atoms with van der Waals surface area (Å²) in [5.41, 5.74) is 2.66. The number of aromatic nitrogens is 1. The number of hydrogen-bond acceptors (Lipinski definition) is 7. The number of hydrogen-bond donors (Lipinski definition) is 0. The van der Waals surface area contributed by atoms with Crippen molar-refractivity contribution in [1.82, 2.24) is 4.57 Å². The summed E-state index contributed by atoms with van der Waals surface area (Å²) in [5.74, 6) is 0.232. The minimum atomic E-state index is -0.618. The molecule has 6 nitrogen and oxygen atoms in total. The molecule has 0 amide bonds. The first-order valence-corrected chi connectivity index (χ1v) is 11.5. The molecule has 0 aliphatic carbocycles. The standard InChI is InChI=1S/C23H22N2O4S2/c1-5-29-22(27)19-14(3)24-23-25(20(19)15-6-8-16(28-4)9-7-15)21(26)18(31-23)12-17-13(2)10-11-30-17/h6-12,20H,5H2,1-4H3/t20-/m1/s1. The van der Waals surface area contributed by atoms with Gasteiger partial charge >= 0.3 is 5.97 Å². The highest BCUT2D eigenvalue weighted by molar-refractivity contribution is 7.11. The number of rotatable bonds is 5. The lowest BCUT2D eigenvalue weighted by atomic mass is 9.96. The van der Waals surface area contributed by atoms with Crippen molar-refractivity contribution in [3.63, 3.8) is 0 Å². The van der Waals surface area contributed by atoms with Crippen molar-refractivity contribution in [2.75, 3.05) is 13.7 Å². The summed E-state index contributed by atoms with van der Waals surface area (Å²) in [6, 6.07) is 8.77. The molecule has 4 rings (SSSR count). The van der Waals surface area contributed by atoms with Gasteiger partial charge in [0.1, 0.15) is 5.75 Å². The van der Waals surface area contributed by atoms with Crippen LogP contribution in [0, 0.1) is 6.92 Å². The maximum Gasteiger partial charge on any atom is 0.338 e. The molecule has 0 unspecified atom stereocenters. The second kappa shape index (κ2) is 8.64. The Balaban J connectivity index is 1.96. The molecule has 0 fully saturated rings.